The van der Waals surface area contributed by atoms with Crippen LogP contribution in [0.2, 0.25) is 0 Å². The number of aromatic carboxylic acids is 1. The maximum atomic E-state index is 10.9. The zero-order valence-corrected chi connectivity index (χ0v) is 10.1. The zero-order valence-electron chi connectivity index (χ0n) is 10.1. The summed E-state index contributed by atoms with van der Waals surface area (Å²) in [5.74, 6) is -0.336. The third kappa shape index (κ3) is 2.69. The van der Waals surface area contributed by atoms with Gasteiger partial charge < -0.3 is 9.84 Å². The summed E-state index contributed by atoms with van der Waals surface area (Å²) in [5, 5.41) is 17.9. The molecule has 0 atom stereocenters. The van der Waals surface area contributed by atoms with Crippen LogP contribution >= 0.6 is 0 Å². The van der Waals surface area contributed by atoms with Gasteiger partial charge in [0.25, 0.3) is 0 Å². The average Bonchev–Trinajstić information content (AvgIpc) is 2.41. The van der Waals surface area contributed by atoms with Crippen molar-refractivity contribution in [3.05, 3.63) is 53.3 Å². The van der Waals surface area contributed by atoms with E-state index < -0.39 is 5.97 Å². The van der Waals surface area contributed by atoms with Crippen LogP contribution in [0.4, 0.5) is 0 Å². The van der Waals surface area contributed by atoms with Crippen LogP contribution in [-0.2, 0) is 0 Å². The van der Waals surface area contributed by atoms with E-state index in [2.05, 4.69) is 4.98 Å². The fourth-order valence-electron chi connectivity index (χ4n) is 1.52. The zero-order chi connectivity index (χ0) is 13.8. The van der Waals surface area contributed by atoms with Gasteiger partial charge in [0.1, 0.15) is 11.8 Å². The number of carbonyl (C=O) groups is 1. The Labute approximate surface area is 109 Å². The molecule has 1 heterocycles. The molecule has 94 valence electrons. The second kappa shape index (κ2) is 5.19. The molecule has 0 saturated carbocycles. The standard InChI is InChI=1S/C14H10N2O3/c1-9-2-3-10(14(17)18)6-12(9)19-13-8-16-5-4-11(13)7-15/h2-6,8H,1H3,(H,17,18). The van der Waals surface area contributed by atoms with Crippen LogP contribution in [0.25, 0.3) is 0 Å². The van der Waals surface area contributed by atoms with E-state index in [4.69, 9.17) is 15.1 Å². The molecule has 0 fully saturated rings. The van der Waals surface area contributed by atoms with Gasteiger partial charge >= 0.3 is 5.97 Å². The lowest BCUT2D eigenvalue weighted by molar-refractivity contribution is 0.0696. The van der Waals surface area contributed by atoms with Gasteiger partial charge in [0.2, 0.25) is 0 Å². The van der Waals surface area contributed by atoms with Crippen molar-refractivity contribution in [3.8, 4) is 17.6 Å². The predicted octanol–water partition coefficient (Wildman–Crippen LogP) is 2.75. The van der Waals surface area contributed by atoms with Crippen LogP contribution in [0.5, 0.6) is 11.5 Å². The van der Waals surface area contributed by atoms with E-state index >= 15 is 0 Å². The van der Waals surface area contributed by atoms with E-state index in [0.717, 1.165) is 5.56 Å². The van der Waals surface area contributed by atoms with Gasteiger partial charge in [-0.2, -0.15) is 5.26 Å². The first-order chi connectivity index (χ1) is 9.11. The number of aryl methyl sites for hydroxylation is 1. The highest BCUT2D eigenvalue weighted by molar-refractivity contribution is 5.88. The van der Waals surface area contributed by atoms with Crippen LogP contribution < -0.4 is 4.74 Å². The molecule has 0 radical (unpaired) electrons. The molecule has 0 amide bonds. The van der Waals surface area contributed by atoms with Crippen molar-refractivity contribution in [1.29, 1.82) is 5.26 Å². The third-order valence-electron chi connectivity index (χ3n) is 2.56. The number of rotatable bonds is 3. The molecule has 1 N–H and O–H groups in total. The minimum absolute atomic E-state index is 0.128. The summed E-state index contributed by atoms with van der Waals surface area (Å²) < 4.78 is 5.57. The van der Waals surface area contributed by atoms with Crippen molar-refractivity contribution >= 4 is 5.97 Å². The molecular formula is C14H10N2O3. The van der Waals surface area contributed by atoms with Gasteiger partial charge in [-0.05, 0) is 30.7 Å². The highest BCUT2D eigenvalue weighted by Crippen LogP contribution is 2.27. The number of ether oxygens (including phenoxy) is 1. The predicted molar refractivity (Wildman–Crippen MR) is 67.2 cm³/mol. The van der Waals surface area contributed by atoms with Crippen molar-refractivity contribution in [2.45, 2.75) is 6.92 Å². The Hall–Kier alpha value is -2.87. The topological polar surface area (TPSA) is 83.2 Å². The second-order valence-electron chi connectivity index (χ2n) is 3.87. The maximum Gasteiger partial charge on any atom is 0.335 e. The lowest BCUT2D eigenvalue weighted by atomic mass is 10.1. The van der Waals surface area contributed by atoms with Gasteiger partial charge in [-0.3, -0.25) is 4.98 Å². The first kappa shape index (κ1) is 12.6. The molecule has 19 heavy (non-hydrogen) atoms. The first-order valence-electron chi connectivity index (χ1n) is 5.47. The number of benzene rings is 1. The molecule has 0 bridgehead atoms. The van der Waals surface area contributed by atoms with Crippen molar-refractivity contribution < 1.29 is 14.6 Å². The molecule has 2 aromatic rings. The smallest absolute Gasteiger partial charge is 0.335 e. The van der Waals surface area contributed by atoms with Gasteiger partial charge in [-0.15, -0.1) is 0 Å². The van der Waals surface area contributed by atoms with Gasteiger partial charge in [-0.25, -0.2) is 4.79 Å². The van der Waals surface area contributed by atoms with Gasteiger partial charge in [0.15, 0.2) is 5.75 Å². The molecule has 0 aliphatic carbocycles. The van der Waals surface area contributed by atoms with Crippen LogP contribution in [-0.4, -0.2) is 16.1 Å². The maximum absolute atomic E-state index is 10.9. The SMILES string of the molecule is Cc1ccc(C(=O)O)cc1Oc1cnccc1C#N. The Balaban J connectivity index is 2.41. The Morgan fingerprint density at radius 1 is 1.37 bits per heavy atom. The summed E-state index contributed by atoms with van der Waals surface area (Å²) in [6.07, 6.45) is 2.91. The van der Waals surface area contributed by atoms with Crippen LogP contribution in [0.15, 0.2) is 36.7 Å². The fraction of sp³-hybridized carbons (Fsp3) is 0.0714. The number of aromatic nitrogens is 1. The second-order valence-corrected chi connectivity index (χ2v) is 3.87. The normalized spacial score (nSPS) is 9.68. The third-order valence-corrected chi connectivity index (χ3v) is 2.56. The van der Waals surface area contributed by atoms with E-state index in [0.29, 0.717) is 17.1 Å². The number of carboxylic acid groups (broad SMARTS) is 1. The van der Waals surface area contributed by atoms with Gasteiger partial charge in [0, 0.05) is 6.20 Å². The van der Waals surface area contributed by atoms with Gasteiger partial charge in [-0.1, -0.05) is 6.07 Å². The van der Waals surface area contributed by atoms with Crippen molar-refractivity contribution in [2.24, 2.45) is 0 Å². The van der Waals surface area contributed by atoms with Crippen LogP contribution in [0.3, 0.4) is 0 Å². The van der Waals surface area contributed by atoms with E-state index in [1.165, 1.54) is 30.6 Å². The summed E-state index contributed by atoms with van der Waals surface area (Å²) in [6, 6.07) is 8.10. The minimum Gasteiger partial charge on any atom is -0.478 e. The van der Waals surface area contributed by atoms with E-state index in [1.54, 1.807) is 13.0 Å². The van der Waals surface area contributed by atoms with Gasteiger partial charge in [0.05, 0.1) is 17.3 Å². The summed E-state index contributed by atoms with van der Waals surface area (Å²) >= 11 is 0. The average molecular weight is 254 g/mol. The molecule has 0 unspecified atom stereocenters. The number of pyridine rings is 1. The molecule has 0 aliphatic rings. The largest absolute Gasteiger partial charge is 0.478 e. The molecule has 1 aromatic heterocycles. The monoisotopic (exact) mass is 254 g/mol. The summed E-state index contributed by atoms with van der Waals surface area (Å²) in [6.45, 7) is 1.80. The molecular weight excluding hydrogens is 244 g/mol. The Kier molecular flexibility index (Phi) is 3.44. The van der Waals surface area contributed by atoms with E-state index in [1.807, 2.05) is 6.07 Å². The highest BCUT2D eigenvalue weighted by atomic mass is 16.5. The van der Waals surface area contributed by atoms with Crippen LogP contribution in [0.1, 0.15) is 21.5 Å². The molecule has 0 spiro atoms. The molecule has 0 aliphatic heterocycles. The van der Waals surface area contributed by atoms with Crippen molar-refractivity contribution in [1.82, 2.24) is 4.98 Å². The summed E-state index contributed by atoms with van der Waals surface area (Å²) in [7, 11) is 0. The minimum atomic E-state index is -1.03. The molecule has 0 saturated heterocycles. The number of nitriles is 1. The lowest BCUT2D eigenvalue weighted by Crippen LogP contribution is -1.98. The molecule has 5 nitrogen and oxygen atoms in total. The summed E-state index contributed by atoms with van der Waals surface area (Å²) in [4.78, 5) is 14.8. The van der Waals surface area contributed by atoms with Crippen molar-refractivity contribution in [3.63, 3.8) is 0 Å². The van der Waals surface area contributed by atoms with Crippen LogP contribution in [0, 0.1) is 18.3 Å². The number of hydrogen-bond acceptors (Lipinski definition) is 4. The van der Waals surface area contributed by atoms with E-state index in [-0.39, 0.29) is 5.56 Å². The van der Waals surface area contributed by atoms with E-state index in [9.17, 15) is 4.79 Å². The molecule has 2 rings (SSSR count). The Bertz CT molecular complexity index is 675. The highest BCUT2D eigenvalue weighted by Gasteiger charge is 2.10. The Morgan fingerprint density at radius 3 is 2.84 bits per heavy atom. The van der Waals surface area contributed by atoms with Crippen molar-refractivity contribution in [2.75, 3.05) is 0 Å². The molecule has 5 heteroatoms. The number of carboxylic acids is 1. The number of nitrogens with zero attached hydrogens (tertiary/aromatic N) is 2. The summed E-state index contributed by atoms with van der Waals surface area (Å²) in [5.41, 5.74) is 1.25. The fourth-order valence-corrected chi connectivity index (χ4v) is 1.52. The lowest BCUT2D eigenvalue weighted by Gasteiger charge is -2.10. The molecule has 1 aromatic carbocycles. The quantitative estimate of drug-likeness (QED) is 0.910. The number of hydrogen-bond donors (Lipinski definition) is 1. The Morgan fingerprint density at radius 2 is 2.16 bits per heavy atom. The first-order valence-corrected chi connectivity index (χ1v) is 5.47.